The fourth-order valence-corrected chi connectivity index (χ4v) is 4.70. The third kappa shape index (κ3) is 9.72. The third-order valence-electron chi connectivity index (χ3n) is 6.79. The van der Waals surface area contributed by atoms with Gasteiger partial charge in [-0.2, -0.15) is 11.6 Å². The summed E-state index contributed by atoms with van der Waals surface area (Å²) in [5.74, 6) is 0.468. The summed E-state index contributed by atoms with van der Waals surface area (Å²) in [7, 11) is 0. The molecule has 5 rings (SSSR count). The molecule has 0 aromatic heterocycles. The Morgan fingerprint density at radius 2 is 1.18 bits per heavy atom. The molecule has 0 fully saturated rings. The van der Waals surface area contributed by atoms with Crippen LogP contribution in [0.25, 0.3) is 27.1 Å². The zero-order valence-electron chi connectivity index (χ0n) is 25.8. The summed E-state index contributed by atoms with van der Waals surface area (Å²) in [4.78, 5) is 0. The second-order valence-corrected chi connectivity index (χ2v) is 15.2. The Morgan fingerprint density at radius 3 is 1.52 bits per heavy atom. The quantitative estimate of drug-likeness (QED) is 0.266. The Morgan fingerprint density at radius 1 is 0.750 bits per heavy atom. The molecule has 0 spiro atoms. The van der Waals surface area contributed by atoms with Crippen molar-refractivity contribution in [2.24, 2.45) is 5.92 Å². The maximum atomic E-state index is 3.39. The van der Waals surface area contributed by atoms with E-state index >= 15 is 0 Å². The summed E-state index contributed by atoms with van der Waals surface area (Å²) < 4.78 is 1.51. The summed E-state index contributed by atoms with van der Waals surface area (Å²) in [6, 6.07) is 26.6. The first-order chi connectivity index (χ1) is 17.7. The molecule has 1 aliphatic carbocycles. The molecule has 3 heteroatoms. The van der Waals surface area contributed by atoms with Crippen molar-refractivity contribution >= 4 is 30.3 Å². The van der Waals surface area contributed by atoms with Crippen molar-refractivity contribution in [3.8, 4) is 0 Å². The van der Waals surface area contributed by atoms with Crippen LogP contribution in [0.2, 0.25) is 0 Å². The molecular formula is C37H44Cl2Zr-2. The van der Waals surface area contributed by atoms with Gasteiger partial charge in [0.2, 0.25) is 0 Å². The number of rotatable bonds is 1. The molecule has 0 N–H and O–H groups in total. The van der Waals surface area contributed by atoms with Gasteiger partial charge in [0.15, 0.2) is 0 Å². The van der Waals surface area contributed by atoms with E-state index in [1.54, 1.807) is 24.2 Å². The van der Waals surface area contributed by atoms with Crippen LogP contribution in [-0.2, 0) is 35.1 Å². The summed E-state index contributed by atoms with van der Waals surface area (Å²) in [6.07, 6.45) is 5.66. The Bertz CT molecular complexity index is 1400. The van der Waals surface area contributed by atoms with E-state index < -0.39 is 0 Å². The van der Waals surface area contributed by atoms with E-state index in [1.165, 1.54) is 52.6 Å². The molecule has 0 saturated carbocycles. The van der Waals surface area contributed by atoms with Crippen LogP contribution in [0.5, 0.6) is 0 Å². The van der Waals surface area contributed by atoms with Gasteiger partial charge in [-0.3, -0.25) is 6.08 Å². The molecule has 1 aliphatic rings. The van der Waals surface area contributed by atoms with Crippen LogP contribution < -0.4 is 24.8 Å². The van der Waals surface area contributed by atoms with Crippen molar-refractivity contribution in [1.29, 1.82) is 0 Å². The summed E-state index contributed by atoms with van der Waals surface area (Å²) in [6.45, 7) is 22.2. The largest absolute Gasteiger partial charge is 1.00 e. The molecule has 1 atom stereocenters. The van der Waals surface area contributed by atoms with Crippen LogP contribution in [0.1, 0.15) is 85.9 Å². The molecule has 40 heavy (non-hydrogen) atoms. The molecule has 0 heterocycles. The number of benzene rings is 3. The maximum absolute atomic E-state index is 3.39. The monoisotopic (exact) mass is 648 g/mol. The smallest absolute Gasteiger partial charge is 1.00 e. The number of hydrogen-bond acceptors (Lipinski definition) is 0. The fourth-order valence-electron chi connectivity index (χ4n) is 4.70. The maximum Gasteiger partial charge on any atom is -1.00 e. The van der Waals surface area contributed by atoms with E-state index in [0.717, 1.165) is 0 Å². The standard InChI is InChI=1S/C21H25.C13H13.C3H6.2ClH.Zr/c1-20(2,3)16-9-7-14-11-15-8-10-17(21(4,5)6)13-19(15)18(14)12-16;1-10-8-11(2)13(9-10)12-6-4-3-5-7-12;1-3-2;;;/h7-13H,1-6H3;3-7,9-10H,1-2H3;1-2H3;2*1H;/q2*-1;;;;+2/p-2. The van der Waals surface area contributed by atoms with E-state index in [0.29, 0.717) is 5.92 Å². The van der Waals surface area contributed by atoms with Gasteiger partial charge < -0.3 is 24.8 Å². The first-order valence-electron chi connectivity index (χ1n) is 13.7. The molecule has 0 bridgehead atoms. The first kappa shape index (κ1) is 36.4. The van der Waals surface area contributed by atoms with Crippen LogP contribution in [0.15, 0.2) is 84.4 Å². The van der Waals surface area contributed by atoms with Crippen LogP contribution >= 0.6 is 0 Å². The van der Waals surface area contributed by atoms with Gasteiger partial charge in [0.05, 0.1) is 0 Å². The predicted octanol–water partition coefficient (Wildman–Crippen LogP) is 4.53. The van der Waals surface area contributed by atoms with Crippen LogP contribution in [0.3, 0.4) is 0 Å². The SMILES string of the molecule is CC(C)(C)c1ccc2[cH-]c3ccc(C(C)(C)C)cc3c2c1.CC1=[C-]C(C)C=C1c1ccccc1.C[C](C)=[Zr+2].[Cl-].[Cl-]. The second kappa shape index (κ2) is 15.0. The van der Waals surface area contributed by atoms with E-state index in [4.69, 9.17) is 0 Å². The molecule has 0 radical (unpaired) electrons. The number of fused-ring (bicyclic) bond motifs is 3. The Labute approximate surface area is 270 Å². The van der Waals surface area contributed by atoms with Gasteiger partial charge in [0.1, 0.15) is 0 Å². The zero-order valence-corrected chi connectivity index (χ0v) is 29.8. The minimum Gasteiger partial charge on any atom is -1.00 e. The van der Waals surface area contributed by atoms with Gasteiger partial charge in [0, 0.05) is 0 Å². The van der Waals surface area contributed by atoms with Crippen LogP contribution in [0, 0.1) is 12.0 Å². The van der Waals surface area contributed by atoms with Gasteiger partial charge >= 0.3 is 41.3 Å². The Kier molecular flexibility index (Phi) is 13.6. The zero-order chi connectivity index (χ0) is 28.3. The number of allylic oxidation sites excluding steroid dienone is 4. The summed E-state index contributed by atoms with van der Waals surface area (Å²) >= 11 is 1.55. The molecular weight excluding hydrogens is 607 g/mol. The topological polar surface area (TPSA) is 0 Å². The van der Waals surface area contributed by atoms with E-state index in [9.17, 15) is 0 Å². The number of halogens is 2. The van der Waals surface area contributed by atoms with Gasteiger partial charge in [-0.1, -0.05) is 127 Å². The molecule has 4 aromatic rings. The predicted molar refractivity (Wildman–Crippen MR) is 167 cm³/mol. The van der Waals surface area contributed by atoms with Gasteiger partial charge in [0.25, 0.3) is 0 Å². The summed E-state index contributed by atoms with van der Waals surface area (Å²) in [5.41, 5.74) is 7.12. The molecule has 1 unspecified atom stereocenters. The molecule has 0 aliphatic heterocycles. The summed E-state index contributed by atoms with van der Waals surface area (Å²) in [5, 5.41) is 5.49. The average molecular weight is 651 g/mol. The fraction of sp³-hybridized carbons (Fsp3) is 0.351. The Balaban J connectivity index is 0.000000362. The second-order valence-electron chi connectivity index (χ2n) is 12.8. The normalized spacial score (nSPS) is 14.6. The van der Waals surface area contributed by atoms with Crippen LogP contribution in [-0.4, -0.2) is 3.21 Å². The van der Waals surface area contributed by atoms with E-state index in [1.807, 2.05) is 6.07 Å². The van der Waals surface area contributed by atoms with Crippen molar-refractivity contribution < 1.29 is 49.0 Å². The minimum atomic E-state index is 0. The Hall–Kier alpha value is -1.66. The van der Waals surface area contributed by atoms with Gasteiger partial charge in [-0.15, -0.1) is 45.3 Å². The number of hydrogen-bond donors (Lipinski definition) is 0. The van der Waals surface area contributed by atoms with Gasteiger partial charge in [-0.25, -0.2) is 5.57 Å². The van der Waals surface area contributed by atoms with E-state index in [-0.39, 0.29) is 35.6 Å². The average Bonchev–Trinajstić information content (AvgIpc) is 3.36. The third-order valence-corrected chi connectivity index (χ3v) is 6.79. The molecule has 0 nitrogen and oxygen atoms in total. The van der Waals surface area contributed by atoms with E-state index in [2.05, 4.69) is 148 Å². The first-order valence-corrected chi connectivity index (χ1v) is 14.9. The minimum absolute atomic E-state index is 0. The van der Waals surface area contributed by atoms with Crippen molar-refractivity contribution in [3.63, 3.8) is 0 Å². The van der Waals surface area contributed by atoms with Crippen molar-refractivity contribution in [2.75, 3.05) is 0 Å². The van der Waals surface area contributed by atoms with Gasteiger partial charge in [-0.05, 0) is 10.8 Å². The molecule has 0 saturated heterocycles. The molecule has 0 amide bonds. The van der Waals surface area contributed by atoms with Crippen molar-refractivity contribution in [1.82, 2.24) is 0 Å². The molecule has 212 valence electrons. The van der Waals surface area contributed by atoms with Crippen LogP contribution in [0.4, 0.5) is 0 Å². The molecule has 4 aromatic carbocycles. The van der Waals surface area contributed by atoms with Crippen molar-refractivity contribution in [3.05, 3.63) is 107 Å². The van der Waals surface area contributed by atoms with Crippen molar-refractivity contribution in [2.45, 2.75) is 80.1 Å².